The number of hydrogen-bond acceptors (Lipinski definition) is 4. The van der Waals surface area contributed by atoms with Gasteiger partial charge in [-0.25, -0.2) is 4.68 Å². The predicted molar refractivity (Wildman–Crippen MR) is 45.1 cm³/mol. The lowest BCUT2D eigenvalue weighted by molar-refractivity contribution is -0.120. The molecule has 0 atom stereocenters. The van der Waals surface area contributed by atoms with Crippen molar-refractivity contribution in [2.45, 2.75) is 6.54 Å². The number of aromatic amines is 1. The Kier molecular flexibility index (Phi) is 2.81. The summed E-state index contributed by atoms with van der Waals surface area (Å²) < 4.78 is 0.814. The number of nitriles is 1. The lowest BCUT2D eigenvalue weighted by atomic mass is 10.5. The molecule has 0 aliphatic carbocycles. The van der Waals surface area contributed by atoms with Crippen LogP contribution in [0.3, 0.4) is 0 Å². The van der Waals surface area contributed by atoms with E-state index in [1.165, 1.54) is 6.19 Å². The summed E-state index contributed by atoms with van der Waals surface area (Å²) in [4.78, 5) is 32.7. The van der Waals surface area contributed by atoms with Crippen molar-refractivity contribution in [1.82, 2.24) is 15.1 Å². The molecule has 0 aromatic carbocycles. The van der Waals surface area contributed by atoms with E-state index in [2.05, 4.69) is 5.10 Å². The van der Waals surface area contributed by atoms with Crippen molar-refractivity contribution in [2.24, 2.45) is 0 Å². The zero-order valence-corrected chi connectivity index (χ0v) is 6.98. The van der Waals surface area contributed by atoms with E-state index in [4.69, 9.17) is 5.26 Å². The minimum Gasteiger partial charge on any atom is -0.272 e. The van der Waals surface area contributed by atoms with Crippen LogP contribution in [-0.2, 0) is 11.3 Å². The molecule has 0 fully saturated rings. The van der Waals surface area contributed by atoms with E-state index >= 15 is 0 Å². The van der Waals surface area contributed by atoms with Gasteiger partial charge in [-0.1, -0.05) is 0 Å². The third-order valence-corrected chi connectivity index (χ3v) is 1.39. The highest BCUT2D eigenvalue weighted by Gasteiger charge is 2.03. The zero-order valence-electron chi connectivity index (χ0n) is 6.98. The summed E-state index contributed by atoms with van der Waals surface area (Å²) in [6.45, 7) is -0.386. The third-order valence-electron chi connectivity index (χ3n) is 1.39. The van der Waals surface area contributed by atoms with Gasteiger partial charge in [0.1, 0.15) is 6.54 Å². The average Bonchev–Trinajstić information content (AvgIpc) is 2.12. The highest BCUT2D eigenvalue weighted by atomic mass is 16.2. The van der Waals surface area contributed by atoms with Crippen LogP contribution in [0, 0.1) is 11.5 Å². The van der Waals surface area contributed by atoms with Gasteiger partial charge in [-0.2, -0.15) is 5.26 Å². The van der Waals surface area contributed by atoms with Gasteiger partial charge < -0.3 is 0 Å². The molecule has 0 saturated heterocycles. The van der Waals surface area contributed by atoms with Crippen LogP contribution in [0.15, 0.2) is 21.7 Å². The van der Waals surface area contributed by atoms with Crippen molar-refractivity contribution < 1.29 is 4.79 Å². The summed E-state index contributed by atoms with van der Waals surface area (Å²) in [7, 11) is 0. The third kappa shape index (κ3) is 2.31. The van der Waals surface area contributed by atoms with Crippen molar-refractivity contribution in [3.05, 3.63) is 32.8 Å². The van der Waals surface area contributed by atoms with Gasteiger partial charge in [0.15, 0.2) is 6.19 Å². The first-order chi connectivity index (χ1) is 6.63. The Morgan fingerprint density at radius 3 is 2.93 bits per heavy atom. The molecule has 7 heteroatoms. The van der Waals surface area contributed by atoms with Crippen molar-refractivity contribution in [1.29, 1.82) is 5.26 Å². The molecular weight excluding hydrogens is 188 g/mol. The summed E-state index contributed by atoms with van der Waals surface area (Å²) in [6.07, 6.45) is 1.41. The van der Waals surface area contributed by atoms with Gasteiger partial charge >= 0.3 is 0 Å². The number of carbonyl (C=O) groups excluding carboxylic acids is 1. The van der Waals surface area contributed by atoms with Crippen molar-refractivity contribution >= 4 is 5.91 Å². The second-order valence-electron chi connectivity index (χ2n) is 2.39. The topological polar surface area (TPSA) is 108 Å². The van der Waals surface area contributed by atoms with E-state index in [-0.39, 0.29) is 6.54 Å². The Balaban J connectivity index is 2.93. The minimum atomic E-state index is -0.670. The number of nitrogens with zero attached hydrogens (tertiary/aromatic N) is 2. The van der Waals surface area contributed by atoms with Crippen molar-refractivity contribution in [2.75, 3.05) is 0 Å². The molecule has 1 amide bonds. The van der Waals surface area contributed by atoms with Crippen LogP contribution in [-0.4, -0.2) is 15.7 Å². The second kappa shape index (κ2) is 4.04. The summed E-state index contributed by atoms with van der Waals surface area (Å²) in [5.41, 5.74) is -1.01. The lowest BCUT2D eigenvalue weighted by Gasteiger charge is -2.01. The Labute approximate surface area is 77.6 Å². The van der Waals surface area contributed by atoms with Crippen molar-refractivity contribution in [3.63, 3.8) is 0 Å². The molecule has 1 rings (SSSR count). The Hall–Kier alpha value is -2.36. The first kappa shape index (κ1) is 9.73. The molecule has 1 aromatic rings. The van der Waals surface area contributed by atoms with E-state index in [1.54, 1.807) is 0 Å². The van der Waals surface area contributed by atoms with Gasteiger partial charge in [0.25, 0.3) is 17.0 Å². The smallest absolute Gasteiger partial charge is 0.265 e. The van der Waals surface area contributed by atoms with Crippen LogP contribution in [0.2, 0.25) is 0 Å². The molecule has 2 N–H and O–H groups in total. The standard InChI is InChI=1S/C7H6N4O3/c8-4-9-6(13)3-11-7(14)2-1-5(12)10-11/h1-2H,3H2,(H,9,13)(H,10,12). The van der Waals surface area contributed by atoms with Crippen LogP contribution in [0.4, 0.5) is 0 Å². The zero-order chi connectivity index (χ0) is 10.6. The van der Waals surface area contributed by atoms with Gasteiger partial charge in [-0.05, 0) is 0 Å². The molecule has 1 heterocycles. The normalized spacial score (nSPS) is 9.07. The number of rotatable bonds is 2. The maximum atomic E-state index is 11.0. The number of carbonyl (C=O) groups is 1. The molecule has 1 aromatic heterocycles. The maximum absolute atomic E-state index is 11.0. The van der Waals surface area contributed by atoms with Gasteiger partial charge in [0.05, 0.1) is 0 Å². The van der Waals surface area contributed by atoms with Gasteiger partial charge in [-0.15, -0.1) is 0 Å². The summed E-state index contributed by atoms with van der Waals surface area (Å²) >= 11 is 0. The Bertz CT molecular complexity index is 493. The van der Waals surface area contributed by atoms with Gasteiger partial charge in [0.2, 0.25) is 0 Å². The van der Waals surface area contributed by atoms with Gasteiger partial charge in [-0.3, -0.25) is 24.8 Å². The monoisotopic (exact) mass is 194 g/mol. The van der Waals surface area contributed by atoms with E-state index in [1.807, 2.05) is 5.32 Å². The maximum Gasteiger partial charge on any atom is 0.265 e. The summed E-state index contributed by atoms with van der Waals surface area (Å²) in [5.74, 6) is -0.670. The van der Waals surface area contributed by atoms with Crippen molar-refractivity contribution in [3.8, 4) is 6.19 Å². The molecule has 0 unspecified atom stereocenters. The Morgan fingerprint density at radius 1 is 1.57 bits per heavy atom. The molecule has 0 aliphatic rings. The molecule has 0 bridgehead atoms. The minimum absolute atomic E-state index is 0.386. The largest absolute Gasteiger partial charge is 0.272 e. The number of hydrogen-bond donors (Lipinski definition) is 2. The molecule has 0 radical (unpaired) electrons. The number of nitrogens with one attached hydrogen (secondary N) is 2. The molecular formula is C7H6N4O3. The fraction of sp³-hybridized carbons (Fsp3) is 0.143. The van der Waals surface area contributed by atoms with E-state index in [9.17, 15) is 14.4 Å². The van der Waals surface area contributed by atoms with Gasteiger partial charge in [0, 0.05) is 12.1 Å². The molecule has 0 spiro atoms. The van der Waals surface area contributed by atoms with E-state index < -0.39 is 17.0 Å². The van der Waals surface area contributed by atoms with Crippen LogP contribution in [0.25, 0.3) is 0 Å². The lowest BCUT2D eigenvalue weighted by Crippen LogP contribution is -2.34. The quantitative estimate of drug-likeness (QED) is 0.424. The highest BCUT2D eigenvalue weighted by Crippen LogP contribution is 1.72. The summed E-state index contributed by atoms with van der Waals surface area (Å²) in [5, 5.41) is 12.1. The number of H-pyrrole nitrogens is 1. The second-order valence-corrected chi connectivity index (χ2v) is 2.39. The fourth-order valence-corrected chi connectivity index (χ4v) is 0.825. The average molecular weight is 194 g/mol. The predicted octanol–water partition coefficient (Wildman–Crippen LogP) is -1.87. The molecule has 7 nitrogen and oxygen atoms in total. The fourth-order valence-electron chi connectivity index (χ4n) is 0.825. The molecule has 0 saturated carbocycles. The summed E-state index contributed by atoms with van der Waals surface area (Å²) in [6, 6.07) is 2.10. The van der Waals surface area contributed by atoms with Crippen LogP contribution < -0.4 is 16.4 Å². The number of aromatic nitrogens is 2. The SMILES string of the molecule is N#CNC(=O)Cn1[nH]c(=O)ccc1=O. The van der Waals surface area contributed by atoms with Crippen LogP contribution in [0.1, 0.15) is 0 Å². The van der Waals surface area contributed by atoms with Crippen LogP contribution >= 0.6 is 0 Å². The first-order valence-electron chi connectivity index (χ1n) is 3.61. The molecule has 72 valence electrons. The van der Waals surface area contributed by atoms with E-state index in [0.717, 1.165) is 16.8 Å². The first-order valence-corrected chi connectivity index (χ1v) is 3.61. The number of amides is 1. The molecule has 0 aliphatic heterocycles. The molecule has 14 heavy (non-hydrogen) atoms. The highest BCUT2D eigenvalue weighted by molar-refractivity contribution is 5.76. The van der Waals surface area contributed by atoms with Crippen LogP contribution in [0.5, 0.6) is 0 Å². The van der Waals surface area contributed by atoms with E-state index in [0.29, 0.717) is 0 Å². The Morgan fingerprint density at radius 2 is 2.29 bits per heavy atom.